The second kappa shape index (κ2) is 9.13. The van der Waals surface area contributed by atoms with Crippen molar-refractivity contribution in [2.75, 3.05) is 18.8 Å². The van der Waals surface area contributed by atoms with Crippen LogP contribution in [0.15, 0.2) is 0 Å². The number of carbonyl (C=O) groups excluding carboxylic acids is 1. The van der Waals surface area contributed by atoms with Crippen LogP contribution in [-0.4, -0.2) is 61.5 Å². The van der Waals surface area contributed by atoms with Gasteiger partial charge in [0.1, 0.15) is 6.04 Å². The van der Waals surface area contributed by atoms with Gasteiger partial charge in [0, 0.05) is 19.5 Å². The van der Waals surface area contributed by atoms with E-state index in [1.54, 1.807) is 6.92 Å². The minimum atomic E-state index is -3.48. The molecule has 0 spiro atoms. The number of nitrogens with one attached hydrogen (secondary N) is 3. The highest BCUT2D eigenvalue weighted by Gasteiger charge is 2.21. The molecule has 0 rings (SSSR count). The summed E-state index contributed by atoms with van der Waals surface area (Å²) < 4.78 is 24.8. The molecule has 0 aliphatic rings. The number of amides is 2. The summed E-state index contributed by atoms with van der Waals surface area (Å²) in [6.45, 7) is 1.63. The predicted molar refractivity (Wildman–Crippen MR) is 72.3 cm³/mol. The van der Waals surface area contributed by atoms with Crippen LogP contribution < -0.4 is 15.4 Å². The number of rotatable bonds is 10. The Bertz CT molecular complexity index is 477. The average Bonchev–Trinajstić information content (AvgIpc) is 2.33. The first-order valence-electron chi connectivity index (χ1n) is 6.14. The molecule has 2 amide bonds. The Kier molecular flexibility index (Phi) is 8.31. The van der Waals surface area contributed by atoms with Crippen LogP contribution in [0.3, 0.4) is 0 Å². The molecule has 0 saturated carbocycles. The molecule has 0 aliphatic heterocycles. The molecule has 0 radical (unpaired) electrons. The number of aliphatic carboxylic acids is 2. The molecule has 122 valence electrons. The van der Waals surface area contributed by atoms with Gasteiger partial charge in [0.05, 0.1) is 5.75 Å². The van der Waals surface area contributed by atoms with Crippen LogP contribution in [0.2, 0.25) is 0 Å². The lowest BCUT2D eigenvalue weighted by Gasteiger charge is -2.14. The number of sulfonamides is 1. The Balaban J connectivity index is 4.21. The van der Waals surface area contributed by atoms with Crippen molar-refractivity contribution < 1.29 is 33.0 Å². The second-order valence-corrected chi connectivity index (χ2v) is 5.97. The molecule has 21 heavy (non-hydrogen) atoms. The molecule has 11 heteroatoms. The third-order valence-electron chi connectivity index (χ3n) is 2.27. The monoisotopic (exact) mass is 325 g/mol. The largest absolute Gasteiger partial charge is 0.481 e. The van der Waals surface area contributed by atoms with Gasteiger partial charge in [-0.15, -0.1) is 0 Å². The van der Waals surface area contributed by atoms with Gasteiger partial charge in [-0.05, 0) is 6.42 Å². The highest BCUT2D eigenvalue weighted by molar-refractivity contribution is 7.89. The minimum absolute atomic E-state index is 0.202. The highest BCUT2D eigenvalue weighted by atomic mass is 32.2. The van der Waals surface area contributed by atoms with E-state index in [1.807, 2.05) is 0 Å². The van der Waals surface area contributed by atoms with E-state index in [9.17, 15) is 22.8 Å². The first-order chi connectivity index (χ1) is 9.68. The SMILES string of the molecule is CCNS(=O)(=O)CCNC(=O)N[C@@H](CCC(=O)O)C(=O)O. The smallest absolute Gasteiger partial charge is 0.326 e. The Morgan fingerprint density at radius 1 is 1.19 bits per heavy atom. The number of carboxylic acid groups (broad SMARTS) is 2. The molecule has 1 atom stereocenters. The average molecular weight is 325 g/mol. The van der Waals surface area contributed by atoms with Gasteiger partial charge in [-0.2, -0.15) is 0 Å². The Morgan fingerprint density at radius 3 is 2.29 bits per heavy atom. The molecule has 0 bridgehead atoms. The topological polar surface area (TPSA) is 162 Å². The molecular weight excluding hydrogens is 306 g/mol. The quantitative estimate of drug-likeness (QED) is 0.328. The van der Waals surface area contributed by atoms with Gasteiger partial charge in [0.2, 0.25) is 10.0 Å². The Hall–Kier alpha value is -1.88. The molecule has 0 heterocycles. The first kappa shape index (κ1) is 19.1. The predicted octanol–water partition coefficient (Wildman–Crippen LogP) is -1.46. The summed E-state index contributed by atoms with van der Waals surface area (Å²) in [5.41, 5.74) is 0. The van der Waals surface area contributed by atoms with Crippen molar-refractivity contribution in [1.82, 2.24) is 15.4 Å². The first-order valence-corrected chi connectivity index (χ1v) is 7.79. The van der Waals surface area contributed by atoms with Gasteiger partial charge in [0.15, 0.2) is 0 Å². The molecular formula is C10H19N3O7S. The van der Waals surface area contributed by atoms with Crippen LogP contribution in [0.25, 0.3) is 0 Å². The summed E-state index contributed by atoms with van der Waals surface area (Å²) in [5.74, 6) is -2.90. The lowest BCUT2D eigenvalue weighted by atomic mass is 10.1. The Labute approximate surface area is 122 Å². The van der Waals surface area contributed by atoms with Crippen LogP contribution in [0.1, 0.15) is 19.8 Å². The van der Waals surface area contributed by atoms with Crippen molar-refractivity contribution >= 4 is 28.0 Å². The fourth-order valence-electron chi connectivity index (χ4n) is 1.33. The van der Waals surface area contributed by atoms with Crippen molar-refractivity contribution in [3.05, 3.63) is 0 Å². The molecule has 0 unspecified atom stereocenters. The third-order valence-corrected chi connectivity index (χ3v) is 3.74. The van der Waals surface area contributed by atoms with E-state index in [0.717, 1.165) is 0 Å². The van der Waals surface area contributed by atoms with Gasteiger partial charge < -0.3 is 20.8 Å². The summed E-state index contributed by atoms with van der Waals surface area (Å²) >= 11 is 0. The van der Waals surface area contributed by atoms with Crippen LogP contribution in [0.5, 0.6) is 0 Å². The van der Waals surface area contributed by atoms with Gasteiger partial charge in [0.25, 0.3) is 0 Å². The summed E-state index contributed by atoms with van der Waals surface area (Å²) in [7, 11) is -3.48. The molecule has 0 aromatic carbocycles. The Morgan fingerprint density at radius 2 is 1.81 bits per heavy atom. The highest BCUT2D eigenvalue weighted by Crippen LogP contribution is 1.97. The van der Waals surface area contributed by atoms with E-state index in [2.05, 4.69) is 15.4 Å². The van der Waals surface area contributed by atoms with E-state index in [4.69, 9.17) is 10.2 Å². The lowest BCUT2D eigenvalue weighted by molar-refractivity contribution is -0.140. The van der Waals surface area contributed by atoms with Crippen LogP contribution in [0, 0.1) is 0 Å². The van der Waals surface area contributed by atoms with E-state index < -0.39 is 40.5 Å². The van der Waals surface area contributed by atoms with Crippen molar-refractivity contribution in [3.8, 4) is 0 Å². The second-order valence-electron chi connectivity index (χ2n) is 4.04. The number of urea groups is 1. The van der Waals surface area contributed by atoms with Crippen LogP contribution in [0.4, 0.5) is 4.79 Å². The van der Waals surface area contributed by atoms with Crippen molar-refractivity contribution in [2.24, 2.45) is 0 Å². The third kappa shape index (κ3) is 9.62. The van der Waals surface area contributed by atoms with Gasteiger partial charge >= 0.3 is 18.0 Å². The van der Waals surface area contributed by atoms with Crippen molar-refractivity contribution in [3.63, 3.8) is 0 Å². The lowest BCUT2D eigenvalue weighted by Crippen LogP contribution is -2.47. The maximum absolute atomic E-state index is 11.4. The molecule has 0 saturated heterocycles. The number of hydrogen-bond donors (Lipinski definition) is 5. The molecule has 10 nitrogen and oxygen atoms in total. The number of hydrogen-bond acceptors (Lipinski definition) is 5. The van der Waals surface area contributed by atoms with E-state index in [0.29, 0.717) is 0 Å². The molecule has 0 aliphatic carbocycles. The summed E-state index contributed by atoms with van der Waals surface area (Å²) in [4.78, 5) is 32.6. The van der Waals surface area contributed by atoms with Gasteiger partial charge in [-0.1, -0.05) is 6.92 Å². The maximum Gasteiger partial charge on any atom is 0.326 e. The molecule has 0 aromatic heterocycles. The van der Waals surface area contributed by atoms with Gasteiger partial charge in [-0.3, -0.25) is 4.79 Å². The molecule has 0 aromatic rings. The van der Waals surface area contributed by atoms with Crippen molar-refractivity contribution in [2.45, 2.75) is 25.8 Å². The summed E-state index contributed by atoms with van der Waals surface area (Å²) in [6, 6.07) is -2.23. The zero-order valence-electron chi connectivity index (χ0n) is 11.5. The molecule has 5 N–H and O–H groups in total. The van der Waals surface area contributed by atoms with E-state index in [1.165, 1.54) is 0 Å². The molecule has 0 fully saturated rings. The summed E-state index contributed by atoms with van der Waals surface area (Å²) in [5, 5.41) is 21.5. The van der Waals surface area contributed by atoms with Crippen molar-refractivity contribution in [1.29, 1.82) is 0 Å². The van der Waals surface area contributed by atoms with E-state index >= 15 is 0 Å². The van der Waals surface area contributed by atoms with E-state index in [-0.39, 0.29) is 25.3 Å². The normalized spacial score (nSPS) is 12.4. The number of carboxylic acids is 2. The fourth-order valence-corrected chi connectivity index (χ4v) is 2.28. The zero-order valence-corrected chi connectivity index (χ0v) is 12.3. The standard InChI is InChI=1S/C10H19N3O7S/c1-2-12-21(19,20)6-5-11-10(18)13-7(9(16)17)3-4-8(14)15/h7,12H,2-6H2,1H3,(H,14,15)(H,16,17)(H2,11,13,18)/t7-/m0/s1. The fraction of sp³-hybridized carbons (Fsp3) is 0.700. The number of carbonyl (C=O) groups is 3. The zero-order chi connectivity index (χ0) is 16.5. The van der Waals surface area contributed by atoms with Crippen LogP contribution in [-0.2, 0) is 19.6 Å². The van der Waals surface area contributed by atoms with Gasteiger partial charge in [-0.25, -0.2) is 22.7 Å². The summed E-state index contributed by atoms with van der Waals surface area (Å²) in [6.07, 6.45) is -0.681. The van der Waals surface area contributed by atoms with Crippen LogP contribution >= 0.6 is 0 Å². The maximum atomic E-state index is 11.4. The minimum Gasteiger partial charge on any atom is -0.481 e.